The van der Waals surface area contributed by atoms with Gasteiger partial charge in [-0.3, -0.25) is 10.9 Å². The highest BCUT2D eigenvalue weighted by atomic mass is 32.1. The van der Waals surface area contributed by atoms with Gasteiger partial charge >= 0.3 is 5.97 Å². The quantitative estimate of drug-likeness (QED) is 0.316. The third-order valence-electron chi connectivity index (χ3n) is 2.22. The second-order valence-electron chi connectivity index (χ2n) is 3.83. The van der Waals surface area contributed by atoms with Crippen LogP contribution in [0.2, 0.25) is 0 Å². The molecule has 21 heavy (non-hydrogen) atoms. The maximum absolute atomic E-state index is 11.9. The minimum absolute atomic E-state index is 0.00595. The van der Waals surface area contributed by atoms with Gasteiger partial charge in [0.15, 0.2) is 10.8 Å². The molecule has 0 heterocycles. The van der Waals surface area contributed by atoms with Crippen LogP contribution in [-0.4, -0.2) is 29.1 Å². The van der Waals surface area contributed by atoms with Gasteiger partial charge in [0.05, 0.1) is 18.0 Å². The van der Waals surface area contributed by atoms with Crippen LogP contribution < -0.4 is 16.6 Å². The van der Waals surface area contributed by atoms with Gasteiger partial charge in [-0.2, -0.15) is 10.2 Å². The number of para-hydroxylation sites is 1. The number of esters is 1. The van der Waals surface area contributed by atoms with Gasteiger partial charge in [-0.05, 0) is 38.2 Å². The van der Waals surface area contributed by atoms with Crippen LogP contribution >= 0.6 is 12.2 Å². The summed E-state index contributed by atoms with van der Waals surface area (Å²) < 4.78 is 4.94. The Morgan fingerprint density at radius 1 is 1.33 bits per heavy atom. The number of nitrogens with one attached hydrogen (secondary N) is 2. The number of ether oxygens (including phenoxy) is 1. The van der Waals surface area contributed by atoms with Crippen LogP contribution in [0.5, 0.6) is 0 Å². The van der Waals surface area contributed by atoms with Crippen LogP contribution in [0.25, 0.3) is 0 Å². The molecule has 1 aromatic rings. The molecule has 0 saturated carbocycles. The summed E-state index contributed by atoms with van der Waals surface area (Å²) in [6, 6.07) is 9.19. The average molecular weight is 307 g/mol. The summed E-state index contributed by atoms with van der Waals surface area (Å²) in [5.41, 5.74) is 11.5. The molecule has 0 unspecified atom stereocenters. The molecular weight excluding hydrogens is 290 g/mol. The van der Waals surface area contributed by atoms with E-state index in [9.17, 15) is 4.79 Å². The molecule has 0 saturated heterocycles. The van der Waals surface area contributed by atoms with E-state index in [1.807, 2.05) is 30.3 Å². The number of nitrogens with zero attached hydrogens (tertiary/aromatic N) is 2. The zero-order valence-electron chi connectivity index (χ0n) is 11.8. The van der Waals surface area contributed by atoms with Gasteiger partial charge in [0.1, 0.15) is 0 Å². The fourth-order valence-corrected chi connectivity index (χ4v) is 1.34. The molecule has 0 radical (unpaired) electrons. The van der Waals surface area contributed by atoms with Gasteiger partial charge in [0, 0.05) is 0 Å². The van der Waals surface area contributed by atoms with E-state index in [1.54, 1.807) is 13.8 Å². The summed E-state index contributed by atoms with van der Waals surface area (Å²) in [6.45, 7) is 3.53. The van der Waals surface area contributed by atoms with Crippen molar-refractivity contribution in [2.45, 2.75) is 13.8 Å². The van der Waals surface area contributed by atoms with E-state index in [0.717, 1.165) is 5.69 Å². The van der Waals surface area contributed by atoms with Crippen LogP contribution in [0, 0.1) is 0 Å². The Kier molecular flexibility index (Phi) is 6.82. The van der Waals surface area contributed by atoms with Crippen LogP contribution in [0.3, 0.4) is 0 Å². The Morgan fingerprint density at radius 2 is 2.00 bits per heavy atom. The molecule has 0 aliphatic carbocycles. The predicted molar refractivity (Wildman–Crippen MR) is 87.2 cm³/mol. The molecule has 1 aromatic carbocycles. The summed E-state index contributed by atoms with van der Waals surface area (Å²) in [7, 11) is 0. The number of anilines is 1. The smallest absolute Gasteiger partial charge is 0.360 e. The van der Waals surface area contributed by atoms with Crippen molar-refractivity contribution in [3.63, 3.8) is 0 Å². The summed E-state index contributed by atoms with van der Waals surface area (Å²) in [5.74, 6) is -0.591. The Hall–Kier alpha value is -2.48. The number of hydrogen-bond acceptors (Lipinski definition) is 6. The zero-order chi connectivity index (χ0) is 15.7. The first kappa shape index (κ1) is 16.6. The minimum atomic E-state index is -0.591. The Balaban J connectivity index is 2.93. The van der Waals surface area contributed by atoms with E-state index >= 15 is 0 Å². The van der Waals surface area contributed by atoms with Gasteiger partial charge < -0.3 is 10.5 Å². The van der Waals surface area contributed by atoms with Crippen molar-refractivity contribution in [3.05, 3.63) is 30.3 Å². The van der Waals surface area contributed by atoms with Crippen LogP contribution in [0.4, 0.5) is 5.69 Å². The van der Waals surface area contributed by atoms with Crippen LogP contribution in [0.15, 0.2) is 40.5 Å². The number of rotatable bonds is 6. The molecule has 8 heteroatoms. The molecule has 0 amide bonds. The lowest BCUT2D eigenvalue weighted by Crippen LogP contribution is -2.30. The molecule has 112 valence electrons. The lowest BCUT2D eigenvalue weighted by Gasteiger charge is -2.07. The Bertz CT molecular complexity index is 557. The molecule has 7 nitrogen and oxygen atoms in total. The molecule has 0 aromatic heterocycles. The highest BCUT2D eigenvalue weighted by Crippen LogP contribution is 2.05. The number of thiocarbonyl (C=S) groups is 1. The number of hydrazone groups is 2. The van der Waals surface area contributed by atoms with Gasteiger partial charge in [0.2, 0.25) is 0 Å². The number of benzene rings is 1. The standard InChI is InChI=1S/C13H17N5O2S/c1-3-20-12(19)11(9(2)15-18-13(14)21)17-16-10-7-5-4-6-8-10/h4-8,16H,3H2,1-2H3,(H3,14,18,21)/b15-9?,17-11-. The lowest BCUT2D eigenvalue weighted by molar-refractivity contribution is -0.134. The fraction of sp³-hybridized carbons (Fsp3) is 0.231. The monoisotopic (exact) mass is 307 g/mol. The number of carbonyl (C=O) groups is 1. The summed E-state index contributed by atoms with van der Waals surface area (Å²) in [4.78, 5) is 11.9. The van der Waals surface area contributed by atoms with Gasteiger partial charge in [0.25, 0.3) is 0 Å². The zero-order valence-corrected chi connectivity index (χ0v) is 12.6. The van der Waals surface area contributed by atoms with Crippen molar-refractivity contribution in [1.29, 1.82) is 0 Å². The van der Waals surface area contributed by atoms with Crippen molar-refractivity contribution < 1.29 is 9.53 Å². The summed E-state index contributed by atoms with van der Waals surface area (Å²) in [6.07, 6.45) is 0. The van der Waals surface area contributed by atoms with Crippen molar-refractivity contribution in [2.24, 2.45) is 15.9 Å². The van der Waals surface area contributed by atoms with E-state index < -0.39 is 5.97 Å². The second kappa shape index (κ2) is 8.64. The number of nitrogens with two attached hydrogens (primary N) is 1. The topological polar surface area (TPSA) is 101 Å². The van der Waals surface area contributed by atoms with E-state index in [2.05, 4.69) is 33.3 Å². The van der Waals surface area contributed by atoms with Gasteiger partial charge in [-0.25, -0.2) is 4.79 Å². The van der Waals surface area contributed by atoms with Crippen LogP contribution in [0.1, 0.15) is 13.8 Å². The fourth-order valence-electron chi connectivity index (χ4n) is 1.30. The van der Waals surface area contributed by atoms with E-state index in [0.29, 0.717) is 5.71 Å². The van der Waals surface area contributed by atoms with Crippen molar-refractivity contribution in [1.82, 2.24) is 5.43 Å². The highest BCUT2D eigenvalue weighted by Gasteiger charge is 2.17. The van der Waals surface area contributed by atoms with E-state index in [-0.39, 0.29) is 17.4 Å². The molecule has 0 atom stereocenters. The average Bonchev–Trinajstić information content (AvgIpc) is 2.46. The Morgan fingerprint density at radius 3 is 2.57 bits per heavy atom. The third-order valence-corrected chi connectivity index (χ3v) is 2.31. The second-order valence-corrected chi connectivity index (χ2v) is 4.27. The predicted octanol–water partition coefficient (Wildman–Crippen LogP) is 1.23. The van der Waals surface area contributed by atoms with E-state index in [1.165, 1.54) is 0 Å². The molecule has 1 rings (SSSR count). The maximum atomic E-state index is 11.9. The first-order valence-corrected chi connectivity index (χ1v) is 6.61. The number of carbonyl (C=O) groups excluding carboxylic acids is 1. The molecule has 0 fully saturated rings. The van der Waals surface area contributed by atoms with Crippen molar-refractivity contribution >= 4 is 40.4 Å². The normalized spacial score (nSPS) is 11.7. The summed E-state index contributed by atoms with van der Waals surface area (Å²) in [5, 5.41) is 7.89. The lowest BCUT2D eigenvalue weighted by atomic mass is 10.2. The first-order chi connectivity index (χ1) is 10.0. The Labute approximate surface area is 128 Å². The van der Waals surface area contributed by atoms with Crippen molar-refractivity contribution in [3.8, 4) is 0 Å². The SMILES string of the molecule is CCOC(=O)/C(=N\Nc1ccccc1)C(C)=NNC(N)=S. The van der Waals surface area contributed by atoms with Gasteiger partial charge in [-0.15, -0.1) is 0 Å². The third kappa shape index (κ3) is 6.00. The van der Waals surface area contributed by atoms with Crippen molar-refractivity contribution in [2.75, 3.05) is 12.0 Å². The molecule has 0 spiro atoms. The maximum Gasteiger partial charge on any atom is 0.360 e. The number of hydrogen-bond donors (Lipinski definition) is 3. The molecule has 4 N–H and O–H groups in total. The highest BCUT2D eigenvalue weighted by molar-refractivity contribution is 7.80. The minimum Gasteiger partial charge on any atom is -0.461 e. The molecule has 0 aliphatic rings. The summed E-state index contributed by atoms with van der Waals surface area (Å²) >= 11 is 4.65. The molecule has 0 bridgehead atoms. The molecular formula is C13H17N5O2S. The first-order valence-electron chi connectivity index (χ1n) is 6.20. The largest absolute Gasteiger partial charge is 0.461 e. The van der Waals surface area contributed by atoms with E-state index in [4.69, 9.17) is 10.5 Å². The molecule has 0 aliphatic heterocycles. The van der Waals surface area contributed by atoms with Gasteiger partial charge in [-0.1, -0.05) is 18.2 Å². The van der Waals surface area contributed by atoms with Crippen LogP contribution in [-0.2, 0) is 9.53 Å².